The van der Waals surface area contributed by atoms with E-state index in [1.165, 1.54) is 5.57 Å². The highest BCUT2D eigenvalue weighted by molar-refractivity contribution is 5.35. The van der Waals surface area contributed by atoms with Gasteiger partial charge in [-0.15, -0.1) is 0 Å². The summed E-state index contributed by atoms with van der Waals surface area (Å²) in [6.45, 7) is 1.84. The lowest BCUT2D eigenvalue weighted by Gasteiger charge is -2.25. The van der Waals surface area contributed by atoms with Crippen LogP contribution in [0.5, 0.6) is 0 Å². The zero-order chi connectivity index (χ0) is 12.3. The first kappa shape index (κ1) is 12.2. The molecular weight excluding hydrogens is 212 g/mol. The van der Waals surface area contributed by atoms with Crippen molar-refractivity contribution in [3.05, 3.63) is 47.8 Å². The van der Waals surface area contributed by atoms with Crippen molar-refractivity contribution in [3.8, 4) is 0 Å². The van der Waals surface area contributed by atoms with Gasteiger partial charge in [-0.2, -0.15) is 0 Å². The zero-order valence-corrected chi connectivity index (χ0v) is 10.5. The number of hydrogen-bond acceptors (Lipinski definition) is 2. The lowest BCUT2D eigenvalue weighted by molar-refractivity contribution is 0.185. The third kappa shape index (κ3) is 3.10. The summed E-state index contributed by atoms with van der Waals surface area (Å²) in [6.07, 6.45) is 14.6. The molecule has 2 nitrogen and oxygen atoms in total. The number of aliphatic hydroxyl groups excluding tert-OH is 1. The van der Waals surface area contributed by atoms with Crippen molar-refractivity contribution < 1.29 is 9.84 Å². The molecule has 0 aromatic carbocycles. The minimum atomic E-state index is -0.219. The van der Waals surface area contributed by atoms with Crippen molar-refractivity contribution in [2.45, 2.75) is 25.9 Å². The molecule has 3 unspecified atom stereocenters. The molecule has 3 atom stereocenters. The van der Waals surface area contributed by atoms with Crippen LogP contribution in [0.25, 0.3) is 0 Å². The van der Waals surface area contributed by atoms with Gasteiger partial charge >= 0.3 is 0 Å². The van der Waals surface area contributed by atoms with E-state index in [9.17, 15) is 5.11 Å². The van der Waals surface area contributed by atoms with Crippen molar-refractivity contribution >= 4 is 0 Å². The van der Waals surface area contributed by atoms with Gasteiger partial charge in [-0.1, -0.05) is 29.9 Å². The smallest absolute Gasteiger partial charge is 0.115 e. The van der Waals surface area contributed by atoms with E-state index in [1.54, 1.807) is 7.11 Å². The van der Waals surface area contributed by atoms with Gasteiger partial charge in [-0.05, 0) is 31.9 Å². The number of ether oxygens (including phenoxy) is 1. The molecule has 0 saturated heterocycles. The van der Waals surface area contributed by atoms with Gasteiger partial charge in [0.25, 0.3) is 0 Å². The normalized spacial score (nSPS) is 28.2. The van der Waals surface area contributed by atoms with Crippen LogP contribution >= 0.6 is 0 Å². The molecule has 0 spiro atoms. The van der Waals surface area contributed by atoms with Crippen LogP contribution in [0.3, 0.4) is 0 Å². The molecule has 2 aliphatic rings. The van der Waals surface area contributed by atoms with E-state index < -0.39 is 0 Å². The molecule has 0 fully saturated rings. The Labute approximate surface area is 103 Å². The molecule has 17 heavy (non-hydrogen) atoms. The van der Waals surface area contributed by atoms with Crippen LogP contribution in [0.4, 0.5) is 0 Å². The lowest BCUT2D eigenvalue weighted by atomic mass is 9.81. The van der Waals surface area contributed by atoms with E-state index in [2.05, 4.69) is 30.4 Å². The highest BCUT2D eigenvalue weighted by atomic mass is 16.5. The van der Waals surface area contributed by atoms with Crippen LogP contribution < -0.4 is 0 Å². The summed E-state index contributed by atoms with van der Waals surface area (Å²) in [4.78, 5) is 0. The number of allylic oxidation sites excluding steroid dienone is 7. The highest BCUT2D eigenvalue weighted by Gasteiger charge is 2.20. The van der Waals surface area contributed by atoms with Crippen LogP contribution in [0.1, 0.15) is 19.8 Å². The average Bonchev–Trinajstić information content (AvgIpc) is 2.35. The second-order valence-electron chi connectivity index (χ2n) is 4.78. The Hall–Kier alpha value is -1.28. The van der Waals surface area contributed by atoms with Gasteiger partial charge in [0, 0.05) is 11.8 Å². The summed E-state index contributed by atoms with van der Waals surface area (Å²) < 4.78 is 5.23. The summed E-state index contributed by atoms with van der Waals surface area (Å²) >= 11 is 0. The molecule has 1 N–H and O–H groups in total. The minimum Gasteiger partial charge on any atom is -0.497 e. The maximum atomic E-state index is 9.29. The van der Waals surface area contributed by atoms with Crippen molar-refractivity contribution in [2.75, 3.05) is 7.11 Å². The molecule has 0 aromatic rings. The van der Waals surface area contributed by atoms with Gasteiger partial charge in [0.2, 0.25) is 0 Å². The minimum absolute atomic E-state index is 0.219. The fraction of sp³-hybridized carbons (Fsp3) is 0.467. The maximum Gasteiger partial charge on any atom is 0.115 e. The van der Waals surface area contributed by atoms with Crippen LogP contribution in [0, 0.1) is 11.8 Å². The lowest BCUT2D eigenvalue weighted by Crippen LogP contribution is -2.14. The molecule has 2 heteroatoms. The Balaban J connectivity index is 2.00. The molecule has 0 heterocycles. The van der Waals surface area contributed by atoms with E-state index in [0.29, 0.717) is 11.8 Å². The third-order valence-corrected chi connectivity index (χ3v) is 3.31. The number of fused-ring (bicyclic) bond motifs is 1. The summed E-state index contributed by atoms with van der Waals surface area (Å²) in [7, 11) is 1.70. The average molecular weight is 232 g/mol. The maximum absolute atomic E-state index is 9.29. The van der Waals surface area contributed by atoms with Crippen molar-refractivity contribution in [2.24, 2.45) is 11.8 Å². The van der Waals surface area contributed by atoms with Gasteiger partial charge in [0.05, 0.1) is 13.2 Å². The number of aliphatic hydroxyl groups is 1. The van der Waals surface area contributed by atoms with Crippen LogP contribution in [-0.2, 0) is 4.74 Å². The van der Waals surface area contributed by atoms with Gasteiger partial charge in [-0.3, -0.25) is 0 Å². The quantitative estimate of drug-likeness (QED) is 0.807. The standard InChI is InChI=1S/C15H20O2/c1-11(16)3-4-12-5-6-14-10-15(17-2)8-7-13(14)9-12/h5-11,13-14,16H,3-4H2,1-2H3. The van der Waals surface area contributed by atoms with E-state index in [4.69, 9.17) is 4.74 Å². The molecule has 0 bridgehead atoms. The monoisotopic (exact) mass is 232 g/mol. The topological polar surface area (TPSA) is 29.5 Å². The molecule has 2 aliphatic carbocycles. The van der Waals surface area contributed by atoms with E-state index in [0.717, 1.165) is 18.6 Å². The highest BCUT2D eigenvalue weighted by Crippen LogP contribution is 2.31. The molecule has 0 aliphatic heterocycles. The molecule has 0 saturated carbocycles. The summed E-state index contributed by atoms with van der Waals surface area (Å²) in [5.41, 5.74) is 1.33. The predicted molar refractivity (Wildman–Crippen MR) is 69.3 cm³/mol. The van der Waals surface area contributed by atoms with Crippen molar-refractivity contribution in [3.63, 3.8) is 0 Å². The first-order valence-electron chi connectivity index (χ1n) is 6.20. The molecule has 2 rings (SSSR count). The predicted octanol–water partition coefficient (Wildman–Crippen LogP) is 2.98. The summed E-state index contributed by atoms with van der Waals surface area (Å²) in [6, 6.07) is 0. The molecular formula is C15H20O2. The number of methoxy groups -OCH3 is 1. The Morgan fingerprint density at radius 2 is 1.94 bits per heavy atom. The van der Waals surface area contributed by atoms with Gasteiger partial charge in [-0.25, -0.2) is 0 Å². The van der Waals surface area contributed by atoms with Crippen LogP contribution in [0.2, 0.25) is 0 Å². The van der Waals surface area contributed by atoms with E-state index in [1.807, 2.05) is 13.0 Å². The Kier molecular flexibility index (Phi) is 3.85. The zero-order valence-electron chi connectivity index (χ0n) is 10.5. The van der Waals surface area contributed by atoms with Gasteiger partial charge in [0.1, 0.15) is 5.76 Å². The summed E-state index contributed by atoms with van der Waals surface area (Å²) in [5, 5.41) is 9.29. The fourth-order valence-corrected chi connectivity index (χ4v) is 2.26. The Bertz CT molecular complexity index is 386. The second-order valence-corrected chi connectivity index (χ2v) is 4.78. The second kappa shape index (κ2) is 5.37. The van der Waals surface area contributed by atoms with E-state index >= 15 is 0 Å². The van der Waals surface area contributed by atoms with E-state index in [-0.39, 0.29) is 6.10 Å². The van der Waals surface area contributed by atoms with Gasteiger partial charge < -0.3 is 9.84 Å². The first-order valence-corrected chi connectivity index (χ1v) is 6.20. The van der Waals surface area contributed by atoms with Crippen LogP contribution in [0.15, 0.2) is 47.8 Å². The number of hydrogen-bond donors (Lipinski definition) is 1. The Morgan fingerprint density at radius 1 is 1.24 bits per heavy atom. The molecule has 0 aromatic heterocycles. The van der Waals surface area contributed by atoms with Crippen LogP contribution in [-0.4, -0.2) is 18.3 Å². The third-order valence-electron chi connectivity index (χ3n) is 3.31. The van der Waals surface area contributed by atoms with Crippen molar-refractivity contribution in [1.29, 1.82) is 0 Å². The molecule has 0 amide bonds. The summed E-state index contributed by atoms with van der Waals surface area (Å²) in [5.74, 6) is 1.81. The fourth-order valence-electron chi connectivity index (χ4n) is 2.26. The first-order chi connectivity index (χ1) is 8.19. The number of rotatable bonds is 4. The SMILES string of the molecule is COC1=CC2C=CC(CCC(C)O)=CC2C=C1. The molecule has 92 valence electrons. The largest absolute Gasteiger partial charge is 0.497 e. The Morgan fingerprint density at radius 3 is 2.65 bits per heavy atom. The van der Waals surface area contributed by atoms with Crippen molar-refractivity contribution in [1.82, 2.24) is 0 Å². The molecule has 0 radical (unpaired) electrons. The van der Waals surface area contributed by atoms with Gasteiger partial charge in [0.15, 0.2) is 0 Å².